The average Bonchev–Trinajstić information content (AvgIpc) is 2.99. The van der Waals surface area contributed by atoms with E-state index in [1.807, 2.05) is 12.1 Å². The van der Waals surface area contributed by atoms with Gasteiger partial charge in [0.15, 0.2) is 0 Å². The van der Waals surface area contributed by atoms with E-state index in [1.165, 1.54) is 6.33 Å². The highest BCUT2D eigenvalue weighted by molar-refractivity contribution is 6.30. The van der Waals surface area contributed by atoms with E-state index >= 15 is 0 Å². The van der Waals surface area contributed by atoms with Crippen LogP contribution in [0.1, 0.15) is 12.0 Å². The van der Waals surface area contributed by atoms with E-state index in [9.17, 15) is 4.79 Å². The number of halogens is 1. The molecule has 0 aliphatic carbocycles. The molecule has 0 radical (unpaired) electrons. The molecule has 112 valence electrons. The summed E-state index contributed by atoms with van der Waals surface area (Å²) in [5.74, 6) is 0.753. The molecule has 1 N–H and O–H groups in total. The molecule has 1 amide bonds. The van der Waals surface area contributed by atoms with E-state index in [-0.39, 0.29) is 5.91 Å². The third-order valence-electron chi connectivity index (χ3n) is 2.99. The summed E-state index contributed by atoms with van der Waals surface area (Å²) in [7, 11) is 1.61. The molecule has 2 aromatic rings. The number of aromatic nitrogens is 3. The molecule has 7 heteroatoms. The molecule has 1 aromatic carbocycles. The molecule has 1 heterocycles. The van der Waals surface area contributed by atoms with Crippen molar-refractivity contribution >= 4 is 17.5 Å². The van der Waals surface area contributed by atoms with Gasteiger partial charge in [-0.2, -0.15) is 5.10 Å². The largest absolute Gasteiger partial charge is 0.496 e. The molecular formula is C14H17ClN4O2. The Balaban J connectivity index is 1.76. The van der Waals surface area contributed by atoms with Crippen molar-refractivity contribution in [2.24, 2.45) is 0 Å². The number of nitrogens with zero attached hydrogens (tertiary/aromatic N) is 3. The van der Waals surface area contributed by atoms with Gasteiger partial charge in [0.1, 0.15) is 18.4 Å². The van der Waals surface area contributed by atoms with Gasteiger partial charge in [-0.1, -0.05) is 11.6 Å². The van der Waals surface area contributed by atoms with Crippen molar-refractivity contribution in [2.45, 2.75) is 19.4 Å². The summed E-state index contributed by atoms with van der Waals surface area (Å²) in [6, 6.07) is 5.45. The van der Waals surface area contributed by atoms with Gasteiger partial charge < -0.3 is 10.1 Å². The fourth-order valence-electron chi connectivity index (χ4n) is 1.93. The lowest BCUT2D eigenvalue weighted by Crippen LogP contribution is -2.26. The van der Waals surface area contributed by atoms with Gasteiger partial charge in [-0.25, -0.2) is 4.98 Å². The maximum absolute atomic E-state index is 11.7. The van der Waals surface area contributed by atoms with Crippen molar-refractivity contribution in [3.63, 3.8) is 0 Å². The molecule has 0 aliphatic heterocycles. The highest BCUT2D eigenvalue weighted by atomic mass is 35.5. The van der Waals surface area contributed by atoms with E-state index in [0.29, 0.717) is 31.0 Å². The van der Waals surface area contributed by atoms with Crippen molar-refractivity contribution in [3.8, 4) is 5.75 Å². The first kappa shape index (κ1) is 15.3. The van der Waals surface area contributed by atoms with Crippen LogP contribution in [0.2, 0.25) is 5.02 Å². The zero-order valence-electron chi connectivity index (χ0n) is 11.8. The van der Waals surface area contributed by atoms with Crippen LogP contribution in [-0.2, 0) is 17.8 Å². The van der Waals surface area contributed by atoms with Crippen molar-refractivity contribution in [1.82, 2.24) is 20.1 Å². The average molecular weight is 309 g/mol. The highest BCUT2D eigenvalue weighted by Crippen LogP contribution is 2.22. The van der Waals surface area contributed by atoms with E-state index in [0.717, 1.165) is 11.3 Å². The molecule has 0 saturated heterocycles. The zero-order valence-corrected chi connectivity index (χ0v) is 12.5. The highest BCUT2D eigenvalue weighted by Gasteiger charge is 2.06. The molecule has 0 aliphatic rings. The first-order valence-electron chi connectivity index (χ1n) is 6.60. The number of hydrogen-bond acceptors (Lipinski definition) is 4. The molecule has 21 heavy (non-hydrogen) atoms. The van der Waals surface area contributed by atoms with Crippen LogP contribution >= 0.6 is 11.6 Å². The first-order chi connectivity index (χ1) is 10.2. The van der Waals surface area contributed by atoms with Gasteiger partial charge in [-0.05, 0) is 30.2 Å². The van der Waals surface area contributed by atoms with Crippen LogP contribution in [0, 0.1) is 0 Å². The molecule has 0 fully saturated rings. The number of amides is 1. The maximum atomic E-state index is 11.7. The number of rotatable bonds is 7. The summed E-state index contributed by atoms with van der Waals surface area (Å²) in [6.07, 6.45) is 4.07. The van der Waals surface area contributed by atoms with Crippen LogP contribution in [-0.4, -0.2) is 34.3 Å². The molecule has 0 bridgehead atoms. The molecule has 0 atom stereocenters. The van der Waals surface area contributed by atoms with Gasteiger partial charge in [0.05, 0.1) is 13.7 Å². The Hall–Kier alpha value is -2.08. The lowest BCUT2D eigenvalue weighted by Gasteiger charge is -2.10. The lowest BCUT2D eigenvalue weighted by atomic mass is 10.1. The number of aryl methyl sites for hydroxylation is 1. The van der Waals surface area contributed by atoms with Gasteiger partial charge in [-0.3, -0.25) is 9.48 Å². The number of benzene rings is 1. The first-order valence-corrected chi connectivity index (χ1v) is 6.98. The van der Waals surface area contributed by atoms with E-state index in [2.05, 4.69) is 15.4 Å². The number of carbonyl (C=O) groups excluding carboxylic acids is 1. The van der Waals surface area contributed by atoms with Crippen LogP contribution in [0.4, 0.5) is 0 Å². The third-order valence-corrected chi connectivity index (χ3v) is 3.23. The summed E-state index contributed by atoms with van der Waals surface area (Å²) in [6.45, 7) is 1.05. The third kappa shape index (κ3) is 4.75. The van der Waals surface area contributed by atoms with Crippen LogP contribution in [0.5, 0.6) is 5.75 Å². The second-order valence-electron chi connectivity index (χ2n) is 4.46. The second-order valence-corrected chi connectivity index (χ2v) is 4.90. The Labute approximate surface area is 128 Å². The molecule has 2 rings (SSSR count). The minimum absolute atomic E-state index is 0.0218. The topological polar surface area (TPSA) is 69.0 Å². The van der Waals surface area contributed by atoms with Crippen molar-refractivity contribution in [2.75, 3.05) is 13.7 Å². The Morgan fingerprint density at radius 3 is 3.05 bits per heavy atom. The monoisotopic (exact) mass is 308 g/mol. The molecular weight excluding hydrogens is 292 g/mol. The minimum Gasteiger partial charge on any atom is -0.496 e. The van der Waals surface area contributed by atoms with Crippen molar-refractivity contribution < 1.29 is 9.53 Å². The van der Waals surface area contributed by atoms with Crippen LogP contribution in [0.15, 0.2) is 30.9 Å². The van der Waals surface area contributed by atoms with Gasteiger partial charge >= 0.3 is 0 Å². The van der Waals surface area contributed by atoms with E-state index in [1.54, 1.807) is 24.2 Å². The van der Waals surface area contributed by atoms with Gasteiger partial charge in [0, 0.05) is 18.0 Å². The Kier molecular flexibility index (Phi) is 5.57. The maximum Gasteiger partial charge on any atom is 0.221 e. The number of nitrogens with one attached hydrogen (secondary N) is 1. The molecule has 6 nitrogen and oxygen atoms in total. The standard InChI is InChI=1S/C14H17ClN4O2/c1-21-13-3-2-12(15)8-11(13)4-6-17-14(20)5-7-19-10-16-9-18-19/h2-3,8-10H,4-7H2,1H3,(H,17,20). The Morgan fingerprint density at radius 1 is 1.48 bits per heavy atom. The SMILES string of the molecule is COc1ccc(Cl)cc1CCNC(=O)CCn1cncn1. The van der Waals surface area contributed by atoms with Crippen molar-refractivity contribution in [1.29, 1.82) is 0 Å². The zero-order chi connectivity index (χ0) is 15.1. The summed E-state index contributed by atoms with van der Waals surface area (Å²) in [5, 5.41) is 7.46. The summed E-state index contributed by atoms with van der Waals surface area (Å²) < 4.78 is 6.89. The lowest BCUT2D eigenvalue weighted by molar-refractivity contribution is -0.121. The van der Waals surface area contributed by atoms with E-state index < -0.39 is 0 Å². The number of methoxy groups -OCH3 is 1. The quantitative estimate of drug-likeness (QED) is 0.845. The predicted octanol–water partition coefficient (Wildman–Crippen LogP) is 1.69. The summed E-state index contributed by atoms with van der Waals surface area (Å²) >= 11 is 5.96. The van der Waals surface area contributed by atoms with Gasteiger partial charge in [0.25, 0.3) is 0 Å². The van der Waals surface area contributed by atoms with Gasteiger partial charge in [-0.15, -0.1) is 0 Å². The summed E-state index contributed by atoms with van der Waals surface area (Å²) in [5.41, 5.74) is 0.974. The normalized spacial score (nSPS) is 10.4. The Bertz CT molecular complexity index is 587. The second kappa shape index (κ2) is 7.64. The molecule has 0 spiro atoms. The predicted molar refractivity (Wildman–Crippen MR) is 79.4 cm³/mol. The number of carbonyl (C=O) groups is 1. The van der Waals surface area contributed by atoms with Gasteiger partial charge in [0.2, 0.25) is 5.91 Å². The van der Waals surface area contributed by atoms with Crippen LogP contribution < -0.4 is 10.1 Å². The smallest absolute Gasteiger partial charge is 0.221 e. The molecule has 0 unspecified atom stereocenters. The van der Waals surface area contributed by atoms with Crippen LogP contribution in [0.25, 0.3) is 0 Å². The summed E-state index contributed by atoms with van der Waals surface area (Å²) in [4.78, 5) is 15.5. The van der Waals surface area contributed by atoms with Crippen LogP contribution in [0.3, 0.4) is 0 Å². The van der Waals surface area contributed by atoms with E-state index in [4.69, 9.17) is 16.3 Å². The molecule has 1 aromatic heterocycles. The number of ether oxygens (including phenoxy) is 1. The molecule has 0 saturated carbocycles. The number of hydrogen-bond donors (Lipinski definition) is 1. The fourth-order valence-corrected chi connectivity index (χ4v) is 2.13. The van der Waals surface area contributed by atoms with Crippen molar-refractivity contribution in [3.05, 3.63) is 41.4 Å². The fraction of sp³-hybridized carbons (Fsp3) is 0.357. The minimum atomic E-state index is -0.0218. The Morgan fingerprint density at radius 2 is 2.33 bits per heavy atom.